The number of halogens is 3. The van der Waals surface area contributed by atoms with Crippen LogP contribution in [0.15, 0.2) is 59.0 Å². The largest absolute Gasteiger partial charge is 0.436 e. The van der Waals surface area contributed by atoms with Gasteiger partial charge in [0.05, 0.1) is 26.2 Å². The number of amides is 1. The molecule has 0 aliphatic rings. The van der Waals surface area contributed by atoms with E-state index < -0.39 is 5.91 Å². The molecule has 0 saturated heterocycles. The highest BCUT2D eigenvalue weighted by molar-refractivity contribution is 7.80. The molecule has 2 N–H and O–H groups in total. The average molecular weight is 491 g/mol. The number of fused-ring (bicyclic) bond motifs is 1. The lowest BCUT2D eigenvalue weighted by atomic mass is 10.1. The fourth-order valence-corrected chi connectivity index (χ4v) is 3.84. The number of nitrogens with one attached hydrogen (secondary N) is 2. The van der Waals surface area contributed by atoms with Crippen molar-refractivity contribution in [3.63, 3.8) is 0 Å². The number of oxazole rings is 1. The molecular formula is C22H14Cl3N3O2S. The first-order chi connectivity index (χ1) is 14.8. The smallest absolute Gasteiger partial charge is 0.258 e. The predicted molar refractivity (Wildman–Crippen MR) is 129 cm³/mol. The van der Waals surface area contributed by atoms with Gasteiger partial charge in [-0.2, -0.15) is 0 Å². The Morgan fingerprint density at radius 2 is 1.84 bits per heavy atom. The molecule has 0 saturated carbocycles. The molecule has 0 aliphatic carbocycles. The number of aryl methyl sites for hydroxylation is 1. The molecule has 4 aromatic rings. The fraction of sp³-hybridized carbons (Fsp3) is 0.0455. The maximum absolute atomic E-state index is 12.4. The van der Waals surface area contributed by atoms with Crippen LogP contribution in [0.2, 0.25) is 15.1 Å². The maximum atomic E-state index is 12.4. The lowest BCUT2D eigenvalue weighted by Gasteiger charge is -2.10. The number of carbonyl (C=O) groups is 1. The van der Waals surface area contributed by atoms with Crippen molar-refractivity contribution >= 4 is 74.8 Å². The van der Waals surface area contributed by atoms with E-state index in [-0.39, 0.29) is 20.7 Å². The molecule has 0 radical (unpaired) electrons. The van der Waals surface area contributed by atoms with E-state index in [0.29, 0.717) is 33.3 Å². The minimum Gasteiger partial charge on any atom is -0.436 e. The minimum absolute atomic E-state index is 0.102. The summed E-state index contributed by atoms with van der Waals surface area (Å²) in [6.07, 6.45) is 0. The summed E-state index contributed by atoms with van der Waals surface area (Å²) < 4.78 is 5.83. The predicted octanol–water partition coefficient (Wildman–Crippen LogP) is 6.89. The van der Waals surface area contributed by atoms with Crippen molar-refractivity contribution in [2.45, 2.75) is 6.92 Å². The van der Waals surface area contributed by atoms with Crippen molar-refractivity contribution in [3.8, 4) is 11.5 Å². The SMILES string of the molecule is Cc1ccc(-c2nc3cc(NC(=S)NC(=O)c4cccc(Cl)c4Cl)ccc3o2)c(Cl)c1. The normalized spacial score (nSPS) is 10.8. The zero-order valence-corrected chi connectivity index (χ0v) is 19.1. The summed E-state index contributed by atoms with van der Waals surface area (Å²) in [6.45, 7) is 1.96. The molecule has 5 nitrogen and oxygen atoms in total. The van der Waals surface area contributed by atoms with Gasteiger partial charge in [-0.1, -0.05) is 46.9 Å². The van der Waals surface area contributed by atoms with Crippen molar-refractivity contribution in [2.75, 3.05) is 5.32 Å². The Bertz CT molecular complexity index is 1340. The Morgan fingerprint density at radius 3 is 2.61 bits per heavy atom. The van der Waals surface area contributed by atoms with Gasteiger partial charge in [0.15, 0.2) is 10.7 Å². The number of hydrogen-bond donors (Lipinski definition) is 2. The van der Waals surface area contributed by atoms with E-state index in [1.807, 2.05) is 25.1 Å². The van der Waals surface area contributed by atoms with E-state index in [2.05, 4.69) is 15.6 Å². The third kappa shape index (κ3) is 4.67. The van der Waals surface area contributed by atoms with Crippen molar-refractivity contribution in [1.29, 1.82) is 0 Å². The van der Waals surface area contributed by atoms with Gasteiger partial charge >= 0.3 is 0 Å². The molecule has 31 heavy (non-hydrogen) atoms. The van der Waals surface area contributed by atoms with Crippen LogP contribution in [0, 0.1) is 6.92 Å². The fourth-order valence-electron chi connectivity index (χ4n) is 2.93. The molecule has 1 heterocycles. The molecule has 0 fully saturated rings. The molecule has 0 bridgehead atoms. The second-order valence-corrected chi connectivity index (χ2v) is 8.30. The van der Waals surface area contributed by atoms with Gasteiger partial charge in [0.25, 0.3) is 5.91 Å². The highest BCUT2D eigenvalue weighted by Crippen LogP contribution is 2.31. The second kappa shape index (κ2) is 8.85. The third-order valence-corrected chi connectivity index (χ3v) is 5.76. The van der Waals surface area contributed by atoms with Crippen molar-refractivity contribution in [1.82, 2.24) is 10.3 Å². The van der Waals surface area contributed by atoms with Crippen LogP contribution < -0.4 is 10.6 Å². The molecule has 1 aromatic heterocycles. The summed E-state index contributed by atoms with van der Waals surface area (Å²) in [5.41, 5.74) is 3.82. The Hall–Kier alpha value is -2.64. The first-order valence-electron chi connectivity index (χ1n) is 9.05. The third-order valence-electron chi connectivity index (χ3n) is 4.42. The number of aromatic nitrogens is 1. The molecule has 0 unspecified atom stereocenters. The number of nitrogens with zero attached hydrogens (tertiary/aromatic N) is 1. The van der Waals surface area contributed by atoms with E-state index in [1.54, 1.807) is 36.4 Å². The van der Waals surface area contributed by atoms with E-state index in [4.69, 9.17) is 51.4 Å². The summed E-state index contributed by atoms with van der Waals surface area (Å²) in [6, 6.07) is 15.7. The van der Waals surface area contributed by atoms with Gasteiger partial charge in [-0.25, -0.2) is 4.98 Å². The van der Waals surface area contributed by atoms with Crippen LogP contribution in [-0.2, 0) is 0 Å². The van der Waals surface area contributed by atoms with Gasteiger partial charge in [-0.3, -0.25) is 10.1 Å². The lowest BCUT2D eigenvalue weighted by Crippen LogP contribution is -2.34. The average Bonchev–Trinajstić information content (AvgIpc) is 3.12. The Balaban J connectivity index is 1.51. The quantitative estimate of drug-likeness (QED) is 0.306. The molecule has 3 aromatic carbocycles. The second-order valence-electron chi connectivity index (χ2n) is 6.69. The van der Waals surface area contributed by atoms with E-state index >= 15 is 0 Å². The zero-order valence-electron chi connectivity index (χ0n) is 16.0. The molecule has 4 rings (SSSR count). The van der Waals surface area contributed by atoms with E-state index in [9.17, 15) is 4.79 Å². The number of carbonyl (C=O) groups excluding carboxylic acids is 1. The first-order valence-corrected chi connectivity index (χ1v) is 10.6. The summed E-state index contributed by atoms with van der Waals surface area (Å²) in [5, 5.41) is 6.65. The minimum atomic E-state index is -0.469. The topological polar surface area (TPSA) is 67.2 Å². The standard InChI is InChI=1S/C22H14Cl3N3O2S/c1-11-5-7-13(16(24)9-11)21-27-17-10-12(6-8-18(17)30-21)26-22(31)28-20(29)14-3-2-4-15(23)19(14)25/h2-10H,1H3,(H2,26,28,29,31). The first kappa shape index (κ1) is 21.6. The Kier molecular flexibility index (Phi) is 6.16. The number of hydrogen-bond acceptors (Lipinski definition) is 4. The monoisotopic (exact) mass is 489 g/mol. The van der Waals surface area contributed by atoms with Crippen LogP contribution in [0.4, 0.5) is 5.69 Å². The van der Waals surface area contributed by atoms with Gasteiger partial charge < -0.3 is 9.73 Å². The number of rotatable bonds is 3. The highest BCUT2D eigenvalue weighted by Gasteiger charge is 2.15. The van der Waals surface area contributed by atoms with Crippen molar-refractivity contribution < 1.29 is 9.21 Å². The lowest BCUT2D eigenvalue weighted by molar-refractivity contribution is 0.0978. The summed E-state index contributed by atoms with van der Waals surface area (Å²) in [4.78, 5) is 16.9. The zero-order chi connectivity index (χ0) is 22.1. The van der Waals surface area contributed by atoms with Crippen molar-refractivity contribution in [3.05, 3.63) is 80.8 Å². The van der Waals surface area contributed by atoms with Crippen LogP contribution in [0.5, 0.6) is 0 Å². The highest BCUT2D eigenvalue weighted by atomic mass is 35.5. The summed E-state index contributed by atoms with van der Waals surface area (Å²) in [5.74, 6) is -0.0487. The van der Waals surface area contributed by atoms with Gasteiger partial charge in [-0.05, 0) is 67.2 Å². The number of benzene rings is 3. The van der Waals surface area contributed by atoms with Crippen LogP contribution >= 0.6 is 47.0 Å². The van der Waals surface area contributed by atoms with Gasteiger partial charge in [0, 0.05) is 5.69 Å². The summed E-state index contributed by atoms with van der Waals surface area (Å²) >= 11 is 23.6. The number of thiocarbonyl (C=S) groups is 1. The molecule has 0 atom stereocenters. The Labute approximate surface area is 198 Å². The molecule has 0 spiro atoms. The molecule has 0 aliphatic heterocycles. The van der Waals surface area contributed by atoms with E-state index in [1.165, 1.54) is 0 Å². The molecule has 156 valence electrons. The van der Waals surface area contributed by atoms with Crippen LogP contribution in [0.25, 0.3) is 22.6 Å². The van der Waals surface area contributed by atoms with E-state index in [0.717, 1.165) is 5.56 Å². The van der Waals surface area contributed by atoms with Gasteiger partial charge in [-0.15, -0.1) is 0 Å². The molecular weight excluding hydrogens is 477 g/mol. The van der Waals surface area contributed by atoms with Crippen LogP contribution in [-0.4, -0.2) is 16.0 Å². The van der Waals surface area contributed by atoms with Crippen LogP contribution in [0.1, 0.15) is 15.9 Å². The Morgan fingerprint density at radius 1 is 1.03 bits per heavy atom. The van der Waals surface area contributed by atoms with Gasteiger partial charge in [0.1, 0.15) is 5.52 Å². The van der Waals surface area contributed by atoms with Crippen molar-refractivity contribution in [2.24, 2.45) is 0 Å². The van der Waals surface area contributed by atoms with Crippen LogP contribution in [0.3, 0.4) is 0 Å². The molecule has 1 amide bonds. The number of anilines is 1. The van der Waals surface area contributed by atoms with Gasteiger partial charge in [0.2, 0.25) is 5.89 Å². The maximum Gasteiger partial charge on any atom is 0.258 e. The summed E-state index contributed by atoms with van der Waals surface area (Å²) in [7, 11) is 0. The molecule has 9 heteroatoms.